The fourth-order valence-electron chi connectivity index (χ4n) is 2.25. The predicted octanol–water partition coefficient (Wildman–Crippen LogP) is 2.90. The third kappa shape index (κ3) is 2.22. The molecule has 0 spiro atoms. The van der Waals surface area contributed by atoms with E-state index in [9.17, 15) is 9.90 Å². The molecule has 1 aliphatic heterocycles. The van der Waals surface area contributed by atoms with E-state index < -0.39 is 11.4 Å². The van der Waals surface area contributed by atoms with Crippen molar-refractivity contribution in [1.82, 2.24) is 0 Å². The molecule has 0 amide bonds. The van der Waals surface area contributed by atoms with Crippen molar-refractivity contribution in [3.05, 3.63) is 29.8 Å². The fourth-order valence-corrected chi connectivity index (χ4v) is 2.25. The van der Waals surface area contributed by atoms with Crippen LogP contribution in [0.5, 0.6) is 0 Å². The first-order valence-corrected chi connectivity index (χ1v) is 6.54. The molecule has 1 N–H and O–H groups in total. The van der Waals surface area contributed by atoms with E-state index in [-0.39, 0.29) is 0 Å². The molecule has 0 saturated carbocycles. The molecule has 0 aromatic heterocycles. The van der Waals surface area contributed by atoms with Gasteiger partial charge in [0.2, 0.25) is 0 Å². The molecule has 1 fully saturated rings. The summed E-state index contributed by atoms with van der Waals surface area (Å²) in [6.07, 6.45) is 1.24. The largest absolute Gasteiger partial charge is 0.481 e. The quantitative estimate of drug-likeness (QED) is 0.889. The van der Waals surface area contributed by atoms with Crippen LogP contribution in [0.3, 0.4) is 0 Å². The topological polar surface area (TPSA) is 40.5 Å². The van der Waals surface area contributed by atoms with Crippen LogP contribution in [-0.4, -0.2) is 24.2 Å². The van der Waals surface area contributed by atoms with E-state index in [1.54, 1.807) is 13.8 Å². The SMILES string of the molecule is CCC1CN(c2ccc(C(C)(C)C(=O)O)cc2)C1. The van der Waals surface area contributed by atoms with Crippen molar-refractivity contribution in [2.75, 3.05) is 18.0 Å². The molecule has 0 atom stereocenters. The predicted molar refractivity (Wildman–Crippen MR) is 73.1 cm³/mol. The lowest BCUT2D eigenvalue weighted by atomic mass is 9.84. The minimum atomic E-state index is -0.820. The van der Waals surface area contributed by atoms with Gasteiger partial charge in [0.15, 0.2) is 0 Å². The van der Waals surface area contributed by atoms with Gasteiger partial charge < -0.3 is 10.0 Å². The summed E-state index contributed by atoms with van der Waals surface area (Å²) >= 11 is 0. The van der Waals surface area contributed by atoms with Gasteiger partial charge in [0.1, 0.15) is 0 Å². The summed E-state index contributed by atoms with van der Waals surface area (Å²) in [5.74, 6) is 0.0328. The first-order chi connectivity index (χ1) is 8.45. The number of carbonyl (C=O) groups is 1. The smallest absolute Gasteiger partial charge is 0.313 e. The molecule has 0 bridgehead atoms. The number of anilines is 1. The summed E-state index contributed by atoms with van der Waals surface area (Å²) in [4.78, 5) is 13.5. The Labute approximate surface area is 108 Å². The van der Waals surface area contributed by atoms with Gasteiger partial charge in [-0.25, -0.2) is 0 Å². The van der Waals surface area contributed by atoms with Gasteiger partial charge in [0.25, 0.3) is 0 Å². The lowest BCUT2D eigenvalue weighted by Gasteiger charge is -2.41. The third-order valence-electron chi connectivity index (χ3n) is 4.02. The van der Waals surface area contributed by atoms with Crippen LogP contribution < -0.4 is 4.90 Å². The highest BCUT2D eigenvalue weighted by Crippen LogP contribution is 2.29. The molecule has 1 aliphatic rings. The van der Waals surface area contributed by atoms with Gasteiger partial charge in [-0.2, -0.15) is 0 Å². The van der Waals surface area contributed by atoms with Gasteiger partial charge in [0.05, 0.1) is 5.41 Å². The maximum absolute atomic E-state index is 11.2. The van der Waals surface area contributed by atoms with Crippen LogP contribution in [-0.2, 0) is 10.2 Å². The van der Waals surface area contributed by atoms with Crippen molar-refractivity contribution in [3.8, 4) is 0 Å². The molecule has 2 rings (SSSR count). The molecule has 1 aromatic carbocycles. The minimum absolute atomic E-state index is 0.787. The van der Waals surface area contributed by atoms with E-state index >= 15 is 0 Å². The highest BCUT2D eigenvalue weighted by Gasteiger charge is 2.30. The normalized spacial score (nSPS) is 16.5. The highest BCUT2D eigenvalue weighted by molar-refractivity contribution is 5.80. The molecule has 0 radical (unpaired) electrons. The molecule has 0 aliphatic carbocycles. The Morgan fingerprint density at radius 1 is 1.33 bits per heavy atom. The molecular formula is C15H21NO2. The Morgan fingerprint density at radius 3 is 2.33 bits per heavy atom. The van der Waals surface area contributed by atoms with E-state index in [1.165, 1.54) is 12.1 Å². The van der Waals surface area contributed by atoms with Crippen LogP contribution in [0.25, 0.3) is 0 Å². The third-order valence-corrected chi connectivity index (χ3v) is 4.02. The minimum Gasteiger partial charge on any atom is -0.481 e. The fraction of sp³-hybridized carbons (Fsp3) is 0.533. The molecule has 3 heteroatoms. The van der Waals surface area contributed by atoms with Crippen LogP contribution in [0, 0.1) is 5.92 Å². The Kier molecular flexibility index (Phi) is 3.33. The number of rotatable bonds is 4. The summed E-state index contributed by atoms with van der Waals surface area (Å²) in [5, 5.41) is 9.19. The molecule has 18 heavy (non-hydrogen) atoms. The standard InChI is InChI=1S/C15H21NO2/c1-4-11-9-16(10-11)13-7-5-12(6-8-13)15(2,3)14(17)18/h5-8,11H,4,9-10H2,1-3H3,(H,17,18). The summed E-state index contributed by atoms with van der Waals surface area (Å²) in [6, 6.07) is 7.93. The van der Waals surface area contributed by atoms with Crippen LogP contribution in [0.1, 0.15) is 32.8 Å². The van der Waals surface area contributed by atoms with E-state index in [0.29, 0.717) is 0 Å². The lowest BCUT2D eigenvalue weighted by molar-refractivity contribution is -0.142. The second kappa shape index (κ2) is 4.63. The van der Waals surface area contributed by atoms with Gasteiger partial charge in [-0.15, -0.1) is 0 Å². The van der Waals surface area contributed by atoms with Crippen molar-refractivity contribution in [2.45, 2.75) is 32.6 Å². The Morgan fingerprint density at radius 2 is 1.89 bits per heavy atom. The van der Waals surface area contributed by atoms with Gasteiger partial charge in [-0.05, 0) is 43.9 Å². The molecule has 0 unspecified atom stereocenters. The van der Waals surface area contributed by atoms with Crippen LogP contribution in [0.2, 0.25) is 0 Å². The number of aliphatic carboxylic acids is 1. The Bertz CT molecular complexity index is 430. The average molecular weight is 247 g/mol. The second-order valence-corrected chi connectivity index (χ2v) is 5.66. The van der Waals surface area contributed by atoms with Crippen molar-refractivity contribution in [1.29, 1.82) is 0 Å². The summed E-state index contributed by atoms with van der Waals surface area (Å²) in [6.45, 7) is 7.94. The van der Waals surface area contributed by atoms with Crippen molar-refractivity contribution in [2.24, 2.45) is 5.92 Å². The number of hydrogen-bond acceptors (Lipinski definition) is 2. The summed E-state index contributed by atoms with van der Waals surface area (Å²) in [7, 11) is 0. The second-order valence-electron chi connectivity index (χ2n) is 5.66. The summed E-state index contributed by atoms with van der Waals surface area (Å²) in [5.41, 5.74) is 1.23. The van der Waals surface area contributed by atoms with Crippen LogP contribution in [0.4, 0.5) is 5.69 Å². The van der Waals surface area contributed by atoms with Crippen molar-refractivity contribution < 1.29 is 9.90 Å². The number of carboxylic acid groups (broad SMARTS) is 1. The van der Waals surface area contributed by atoms with Crippen LogP contribution in [0.15, 0.2) is 24.3 Å². The van der Waals surface area contributed by atoms with Crippen molar-refractivity contribution in [3.63, 3.8) is 0 Å². The molecule has 1 heterocycles. The molecule has 98 valence electrons. The monoisotopic (exact) mass is 247 g/mol. The number of carboxylic acids is 1. The van der Waals surface area contributed by atoms with Gasteiger partial charge in [0, 0.05) is 18.8 Å². The van der Waals surface area contributed by atoms with Gasteiger partial charge in [-0.3, -0.25) is 4.79 Å². The Balaban J connectivity index is 2.09. The Hall–Kier alpha value is -1.51. The first-order valence-electron chi connectivity index (χ1n) is 6.54. The first kappa shape index (κ1) is 12.9. The van der Waals surface area contributed by atoms with E-state index in [2.05, 4.69) is 11.8 Å². The maximum Gasteiger partial charge on any atom is 0.313 e. The molecule has 1 aromatic rings. The van der Waals surface area contributed by atoms with Crippen molar-refractivity contribution >= 4 is 11.7 Å². The zero-order valence-corrected chi connectivity index (χ0v) is 11.3. The number of benzene rings is 1. The van der Waals surface area contributed by atoms with E-state index in [4.69, 9.17) is 0 Å². The van der Waals surface area contributed by atoms with E-state index in [1.807, 2.05) is 24.3 Å². The van der Waals surface area contributed by atoms with Crippen LogP contribution >= 0.6 is 0 Å². The zero-order valence-electron chi connectivity index (χ0n) is 11.3. The zero-order chi connectivity index (χ0) is 13.3. The average Bonchev–Trinajstić information content (AvgIpc) is 2.28. The number of nitrogens with zero attached hydrogens (tertiary/aromatic N) is 1. The van der Waals surface area contributed by atoms with Gasteiger partial charge in [-0.1, -0.05) is 19.1 Å². The summed E-state index contributed by atoms with van der Waals surface area (Å²) < 4.78 is 0. The van der Waals surface area contributed by atoms with Gasteiger partial charge >= 0.3 is 5.97 Å². The molecular weight excluding hydrogens is 226 g/mol. The lowest BCUT2D eigenvalue weighted by Crippen LogP contribution is -2.46. The highest BCUT2D eigenvalue weighted by atomic mass is 16.4. The molecule has 3 nitrogen and oxygen atoms in total. The maximum atomic E-state index is 11.2. The number of hydrogen-bond donors (Lipinski definition) is 1. The van der Waals surface area contributed by atoms with E-state index in [0.717, 1.165) is 24.6 Å². The molecule has 1 saturated heterocycles.